The van der Waals surface area contributed by atoms with Gasteiger partial charge in [-0.1, -0.05) is 14.9 Å². The van der Waals surface area contributed by atoms with E-state index in [-0.39, 0.29) is 14.9 Å². The van der Waals surface area contributed by atoms with Crippen LogP contribution in [0.5, 0.6) is 0 Å². The van der Waals surface area contributed by atoms with Crippen LogP contribution in [-0.4, -0.2) is 46.7 Å². The Morgan fingerprint density at radius 3 is 1.38 bits per heavy atom. The average Bonchev–Trinajstić information content (AvgIpc) is 2.06. The number of rotatable bonds is 3. The number of hydrogen-bond donors (Lipinski definition) is 4. The summed E-state index contributed by atoms with van der Waals surface area (Å²) in [6.07, 6.45) is 0. The van der Waals surface area contributed by atoms with E-state index >= 15 is 0 Å². The summed E-state index contributed by atoms with van der Waals surface area (Å²) in [7, 11) is 1.00. The van der Waals surface area contributed by atoms with Crippen LogP contribution < -0.4 is 0 Å². The molecule has 0 fully saturated rings. The highest BCUT2D eigenvalue weighted by molar-refractivity contribution is 5.74. The minimum Gasteiger partial charge on any atom is -0.481 e. The SMILES string of the molecule is C.C.CC(CO)(CO)C(=O)O.CO. The molecule has 0 heterocycles. The standard InChI is InChI=1S/C5H10O4.CH4O.2CH4/c1-5(2-6,3-7)4(8)9;1-2;;/h6-7H,2-3H2,1H3,(H,8,9);2H,1H3;2*1H4. The van der Waals surface area contributed by atoms with Gasteiger partial charge in [0.2, 0.25) is 0 Å². The van der Waals surface area contributed by atoms with Gasteiger partial charge >= 0.3 is 5.97 Å². The van der Waals surface area contributed by atoms with Gasteiger partial charge in [0.25, 0.3) is 0 Å². The maximum atomic E-state index is 10.2. The average molecular weight is 198 g/mol. The topological polar surface area (TPSA) is 98.0 Å². The predicted molar refractivity (Wildman–Crippen MR) is 51.5 cm³/mol. The first-order valence-electron chi connectivity index (χ1n) is 2.96. The van der Waals surface area contributed by atoms with Gasteiger partial charge in [-0.05, 0) is 6.92 Å². The van der Waals surface area contributed by atoms with Crippen molar-refractivity contribution in [2.45, 2.75) is 21.8 Å². The van der Waals surface area contributed by atoms with Crippen LogP contribution >= 0.6 is 0 Å². The highest BCUT2D eigenvalue weighted by Gasteiger charge is 2.31. The molecule has 0 aromatic rings. The number of aliphatic hydroxyl groups excluding tert-OH is 3. The maximum absolute atomic E-state index is 10.2. The van der Waals surface area contributed by atoms with Crippen molar-refractivity contribution in [2.24, 2.45) is 5.41 Å². The van der Waals surface area contributed by atoms with Gasteiger partial charge in [-0.25, -0.2) is 0 Å². The summed E-state index contributed by atoms with van der Waals surface area (Å²) in [4.78, 5) is 10.2. The molecule has 13 heavy (non-hydrogen) atoms. The Hall–Kier alpha value is -0.650. The molecule has 0 amide bonds. The van der Waals surface area contributed by atoms with E-state index in [9.17, 15) is 4.79 Å². The van der Waals surface area contributed by atoms with Gasteiger partial charge < -0.3 is 20.4 Å². The highest BCUT2D eigenvalue weighted by Crippen LogP contribution is 2.12. The van der Waals surface area contributed by atoms with E-state index in [1.807, 2.05) is 0 Å². The molecule has 0 aliphatic rings. The lowest BCUT2D eigenvalue weighted by Crippen LogP contribution is -2.35. The molecule has 0 aromatic heterocycles. The van der Waals surface area contributed by atoms with Crippen LogP contribution in [0.15, 0.2) is 0 Å². The number of aliphatic carboxylic acids is 1. The zero-order valence-corrected chi connectivity index (χ0v) is 6.61. The lowest BCUT2D eigenvalue weighted by Gasteiger charge is -2.17. The monoisotopic (exact) mass is 198 g/mol. The molecular weight excluding hydrogens is 176 g/mol. The molecule has 0 aliphatic carbocycles. The van der Waals surface area contributed by atoms with E-state index in [1.165, 1.54) is 6.92 Å². The summed E-state index contributed by atoms with van der Waals surface area (Å²) in [5, 5.41) is 32.1. The summed E-state index contributed by atoms with van der Waals surface area (Å²) >= 11 is 0. The maximum Gasteiger partial charge on any atom is 0.314 e. The Morgan fingerprint density at radius 1 is 1.15 bits per heavy atom. The second-order valence-corrected chi connectivity index (χ2v) is 2.18. The molecule has 84 valence electrons. The minimum atomic E-state index is -1.39. The first-order valence-corrected chi connectivity index (χ1v) is 2.96. The third kappa shape index (κ3) is 7.70. The van der Waals surface area contributed by atoms with Gasteiger partial charge in [-0.15, -0.1) is 0 Å². The smallest absolute Gasteiger partial charge is 0.314 e. The Morgan fingerprint density at radius 2 is 1.38 bits per heavy atom. The zero-order chi connectivity index (χ0) is 9.49. The second-order valence-electron chi connectivity index (χ2n) is 2.18. The molecule has 0 radical (unpaired) electrons. The second kappa shape index (κ2) is 11.4. The van der Waals surface area contributed by atoms with Crippen molar-refractivity contribution in [2.75, 3.05) is 20.3 Å². The first kappa shape index (κ1) is 22.8. The number of hydrogen-bond acceptors (Lipinski definition) is 4. The van der Waals surface area contributed by atoms with Crippen LogP contribution in [0.25, 0.3) is 0 Å². The van der Waals surface area contributed by atoms with E-state index in [0.29, 0.717) is 0 Å². The molecule has 0 saturated heterocycles. The van der Waals surface area contributed by atoms with Crippen LogP contribution in [0.1, 0.15) is 21.8 Å². The molecule has 4 N–H and O–H groups in total. The molecule has 5 heteroatoms. The van der Waals surface area contributed by atoms with Crippen LogP contribution in [-0.2, 0) is 4.79 Å². The van der Waals surface area contributed by atoms with Crippen molar-refractivity contribution < 1.29 is 25.2 Å². The van der Waals surface area contributed by atoms with Crippen molar-refractivity contribution >= 4 is 5.97 Å². The Labute approximate surface area is 79.6 Å². The number of carboxylic acid groups (broad SMARTS) is 1. The van der Waals surface area contributed by atoms with Gasteiger partial charge in [0, 0.05) is 7.11 Å². The predicted octanol–water partition coefficient (Wildman–Crippen LogP) is -0.0574. The molecule has 0 atom stereocenters. The number of carboxylic acids is 1. The fraction of sp³-hybridized carbons (Fsp3) is 0.875. The first-order chi connectivity index (χ1) is 5.06. The molecule has 0 saturated carbocycles. The zero-order valence-electron chi connectivity index (χ0n) is 6.61. The van der Waals surface area contributed by atoms with Crippen LogP contribution in [0.2, 0.25) is 0 Å². The summed E-state index contributed by atoms with van der Waals surface area (Å²) in [6.45, 7) is 0.187. The third-order valence-corrected chi connectivity index (χ3v) is 1.21. The van der Waals surface area contributed by atoms with Crippen molar-refractivity contribution in [3.8, 4) is 0 Å². The van der Waals surface area contributed by atoms with Gasteiger partial charge in [0.1, 0.15) is 5.41 Å². The normalized spacial score (nSPS) is 8.38. The molecule has 0 unspecified atom stereocenters. The summed E-state index contributed by atoms with van der Waals surface area (Å²) in [5.74, 6) is -1.19. The van der Waals surface area contributed by atoms with E-state index in [0.717, 1.165) is 7.11 Å². The molecule has 0 spiro atoms. The van der Waals surface area contributed by atoms with E-state index in [1.54, 1.807) is 0 Å². The van der Waals surface area contributed by atoms with Crippen LogP contribution in [0.4, 0.5) is 0 Å². The van der Waals surface area contributed by atoms with Gasteiger partial charge in [0.15, 0.2) is 0 Å². The number of carbonyl (C=O) groups is 1. The molecule has 0 aliphatic heterocycles. The third-order valence-electron chi connectivity index (χ3n) is 1.21. The van der Waals surface area contributed by atoms with E-state index < -0.39 is 24.6 Å². The summed E-state index contributed by atoms with van der Waals surface area (Å²) < 4.78 is 0. The van der Waals surface area contributed by atoms with Gasteiger partial charge in [0.05, 0.1) is 13.2 Å². The number of aliphatic hydroxyl groups is 3. The lowest BCUT2D eigenvalue weighted by molar-refractivity contribution is -0.152. The van der Waals surface area contributed by atoms with E-state index in [4.69, 9.17) is 20.4 Å². The van der Waals surface area contributed by atoms with Crippen molar-refractivity contribution in [1.29, 1.82) is 0 Å². The van der Waals surface area contributed by atoms with Crippen molar-refractivity contribution in [3.63, 3.8) is 0 Å². The summed E-state index contributed by atoms with van der Waals surface area (Å²) in [5.41, 5.74) is -1.39. The van der Waals surface area contributed by atoms with Gasteiger partial charge in [-0.2, -0.15) is 0 Å². The van der Waals surface area contributed by atoms with E-state index in [2.05, 4.69) is 0 Å². The quantitative estimate of drug-likeness (QED) is 0.509. The van der Waals surface area contributed by atoms with Crippen molar-refractivity contribution in [3.05, 3.63) is 0 Å². The van der Waals surface area contributed by atoms with Crippen LogP contribution in [0.3, 0.4) is 0 Å². The largest absolute Gasteiger partial charge is 0.481 e. The Bertz CT molecular complexity index is 109. The summed E-state index contributed by atoms with van der Waals surface area (Å²) in [6, 6.07) is 0. The molecule has 5 nitrogen and oxygen atoms in total. The van der Waals surface area contributed by atoms with Crippen molar-refractivity contribution in [1.82, 2.24) is 0 Å². The van der Waals surface area contributed by atoms with Crippen LogP contribution in [0, 0.1) is 5.41 Å². The highest BCUT2D eigenvalue weighted by atomic mass is 16.4. The minimum absolute atomic E-state index is 0. The Balaban J connectivity index is -0.0000000941. The molecule has 0 aromatic carbocycles. The molecular formula is C8H22O5. The molecule has 0 bridgehead atoms. The Kier molecular flexibility index (Phi) is 19.9. The fourth-order valence-electron chi connectivity index (χ4n) is 0.185. The molecule has 0 rings (SSSR count). The van der Waals surface area contributed by atoms with Gasteiger partial charge in [-0.3, -0.25) is 4.79 Å². The lowest BCUT2D eigenvalue weighted by atomic mass is 9.94. The fourth-order valence-corrected chi connectivity index (χ4v) is 0.185.